The van der Waals surface area contributed by atoms with Gasteiger partial charge >= 0.3 is 0 Å². The second-order valence-corrected chi connectivity index (χ2v) is 7.25. The molecular weight excluding hydrogens is 444 g/mol. The first-order valence-corrected chi connectivity index (χ1v) is 10.7. The van der Waals surface area contributed by atoms with Crippen LogP contribution in [0, 0.1) is 0 Å². The van der Waals surface area contributed by atoms with Gasteiger partial charge in [-0.05, 0) is 72.6 Å². The maximum absolute atomic E-state index is 12.0. The summed E-state index contributed by atoms with van der Waals surface area (Å²) in [5, 5.41) is 4.64. The fourth-order valence-electron chi connectivity index (χ4n) is 2.81. The van der Waals surface area contributed by atoms with Crippen LogP contribution in [0.25, 0.3) is 0 Å². The average Bonchev–Trinajstić information content (AvgIpc) is 2.83. The summed E-state index contributed by atoms with van der Waals surface area (Å²) in [6.45, 7) is 2.57. The Hall–Kier alpha value is -3.71. The second kappa shape index (κ2) is 12.4. The summed E-state index contributed by atoms with van der Waals surface area (Å²) in [5.74, 6) is 2.07. The van der Waals surface area contributed by atoms with Gasteiger partial charge in [0.2, 0.25) is 0 Å². The molecular formula is C25H25ClN2O5. The van der Waals surface area contributed by atoms with E-state index in [2.05, 4.69) is 10.5 Å². The number of amides is 1. The van der Waals surface area contributed by atoms with Gasteiger partial charge in [0.1, 0.15) is 18.1 Å². The largest absolute Gasteiger partial charge is 0.497 e. The fourth-order valence-corrected chi connectivity index (χ4v) is 3.03. The third-order valence-corrected chi connectivity index (χ3v) is 4.62. The first-order valence-electron chi connectivity index (χ1n) is 10.3. The maximum Gasteiger partial charge on any atom is 0.277 e. The molecule has 0 aliphatic carbocycles. The zero-order chi connectivity index (χ0) is 23.5. The monoisotopic (exact) mass is 468 g/mol. The van der Waals surface area contributed by atoms with Crippen molar-refractivity contribution >= 4 is 23.7 Å². The normalized spacial score (nSPS) is 10.6. The van der Waals surface area contributed by atoms with Gasteiger partial charge in [-0.15, -0.1) is 0 Å². The predicted molar refractivity (Wildman–Crippen MR) is 128 cm³/mol. The summed E-state index contributed by atoms with van der Waals surface area (Å²) in [7, 11) is 1.58. The van der Waals surface area contributed by atoms with Crippen molar-refractivity contribution in [3.05, 3.63) is 82.9 Å². The smallest absolute Gasteiger partial charge is 0.277 e. The molecule has 0 atom stereocenters. The molecule has 1 N–H and O–H groups in total. The van der Waals surface area contributed by atoms with Crippen molar-refractivity contribution in [3.63, 3.8) is 0 Å². The molecule has 0 bridgehead atoms. The Morgan fingerprint density at radius 2 is 1.76 bits per heavy atom. The van der Waals surface area contributed by atoms with Gasteiger partial charge in [-0.25, -0.2) is 5.43 Å². The van der Waals surface area contributed by atoms with Crippen LogP contribution in [0.4, 0.5) is 0 Å². The summed E-state index contributed by atoms with van der Waals surface area (Å²) >= 11 is 6.02. The van der Waals surface area contributed by atoms with E-state index in [1.54, 1.807) is 43.5 Å². The Morgan fingerprint density at radius 1 is 0.970 bits per heavy atom. The molecule has 0 saturated carbocycles. The van der Waals surface area contributed by atoms with Crippen molar-refractivity contribution in [2.24, 2.45) is 5.10 Å². The van der Waals surface area contributed by atoms with Crippen molar-refractivity contribution in [3.8, 4) is 23.0 Å². The minimum Gasteiger partial charge on any atom is -0.497 e. The van der Waals surface area contributed by atoms with Crippen LogP contribution in [-0.2, 0) is 11.4 Å². The van der Waals surface area contributed by atoms with Crippen LogP contribution in [0.15, 0.2) is 71.8 Å². The Kier molecular flexibility index (Phi) is 8.97. The van der Waals surface area contributed by atoms with E-state index in [1.807, 2.05) is 37.3 Å². The molecule has 0 heterocycles. The van der Waals surface area contributed by atoms with Crippen LogP contribution in [0.1, 0.15) is 18.1 Å². The molecule has 1 amide bonds. The summed E-state index contributed by atoms with van der Waals surface area (Å²) in [5.41, 5.74) is 4.13. The zero-order valence-electron chi connectivity index (χ0n) is 18.4. The van der Waals surface area contributed by atoms with Crippen molar-refractivity contribution < 1.29 is 23.7 Å². The minimum absolute atomic E-state index is 0.163. The molecule has 0 radical (unpaired) electrons. The molecule has 0 fully saturated rings. The van der Waals surface area contributed by atoms with Crippen molar-refractivity contribution in [1.29, 1.82) is 0 Å². The molecule has 172 valence electrons. The van der Waals surface area contributed by atoms with Crippen molar-refractivity contribution in [2.75, 3.05) is 20.3 Å². The highest BCUT2D eigenvalue weighted by Gasteiger charge is 2.07. The van der Waals surface area contributed by atoms with Gasteiger partial charge in [0.05, 0.1) is 19.9 Å². The highest BCUT2D eigenvalue weighted by atomic mass is 35.5. The molecule has 3 rings (SSSR count). The average molecular weight is 469 g/mol. The van der Waals surface area contributed by atoms with Crippen LogP contribution >= 0.6 is 11.6 Å². The number of carbonyl (C=O) groups is 1. The van der Waals surface area contributed by atoms with Crippen molar-refractivity contribution in [2.45, 2.75) is 13.5 Å². The van der Waals surface area contributed by atoms with E-state index < -0.39 is 0 Å². The number of hydrazone groups is 1. The molecule has 3 aromatic carbocycles. The lowest BCUT2D eigenvalue weighted by Crippen LogP contribution is -2.24. The first kappa shape index (κ1) is 23.9. The summed E-state index contributed by atoms with van der Waals surface area (Å²) in [4.78, 5) is 12.0. The summed E-state index contributed by atoms with van der Waals surface area (Å²) in [6.07, 6.45) is 1.52. The number of nitrogens with zero attached hydrogens (tertiary/aromatic N) is 1. The maximum atomic E-state index is 12.0. The van der Waals surface area contributed by atoms with Crippen molar-refractivity contribution in [1.82, 2.24) is 5.43 Å². The van der Waals surface area contributed by atoms with E-state index in [0.717, 1.165) is 11.1 Å². The van der Waals surface area contributed by atoms with Gasteiger partial charge in [-0.1, -0.05) is 23.7 Å². The van der Waals surface area contributed by atoms with E-state index in [-0.39, 0.29) is 12.5 Å². The van der Waals surface area contributed by atoms with E-state index in [9.17, 15) is 4.79 Å². The van der Waals surface area contributed by atoms with Gasteiger partial charge in [0.25, 0.3) is 5.91 Å². The van der Waals surface area contributed by atoms with Crippen LogP contribution in [0.2, 0.25) is 5.02 Å². The molecule has 0 saturated heterocycles. The number of rotatable bonds is 11. The van der Waals surface area contributed by atoms with Gasteiger partial charge in [-0.3, -0.25) is 4.79 Å². The number of nitrogens with one attached hydrogen (secondary N) is 1. The zero-order valence-corrected chi connectivity index (χ0v) is 19.2. The molecule has 0 aliphatic rings. The summed E-state index contributed by atoms with van der Waals surface area (Å²) in [6, 6.07) is 19.8. The van der Waals surface area contributed by atoms with Gasteiger partial charge in [0, 0.05) is 5.02 Å². The van der Waals surface area contributed by atoms with Crippen LogP contribution in [0.3, 0.4) is 0 Å². The van der Waals surface area contributed by atoms with Crippen LogP contribution in [0.5, 0.6) is 23.0 Å². The quantitative estimate of drug-likeness (QED) is 0.321. The Balaban J connectivity index is 1.53. The van der Waals surface area contributed by atoms with Crippen LogP contribution in [-0.4, -0.2) is 32.4 Å². The molecule has 7 nitrogen and oxygen atoms in total. The molecule has 3 aromatic rings. The number of benzene rings is 3. The Labute approximate surface area is 197 Å². The Morgan fingerprint density at radius 3 is 2.48 bits per heavy atom. The number of halogens is 1. The van der Waals surface area contributed by atoms with E-state index >= 15 is 0 Å². The second-order valence-electron chi connectivity index (χ2n) is 6.82. The predicted octanol–water partition coefficient (Wildman–Crippen LogP) is 4.86. The molecule has 0 aliphatic heterocycles. The van der Waals surface area contributed by atoms with E-state index in [1.165, 1.54) is 6.21 Å². The van der Waals surface area contributed by atoms with Crippen LogP contribution < -0.4 is 24.4 Å². The number of hydrogen-bond acceptors (Lipinski definition) is 6. The summed E-state index contributed by atoms with van der Waals surface area (Å²) < 4.78 is 22.1. The lowest BCUT2D eigenvalue weighted by molar-refractivity contribution is -0.123. The van der Waals surface area contributed by atoms with E-state index in [0.29, 0.717) is 41.2 Å². The van der Waals surface area contributed by atoms with Gasteiger partial charge < -0.3 is 18.9 Å². The Bertz CT molecular complexity index is 1090. The molecule has 8 heteroatoms. The number of hydrogen-bond donors (Lipinski definition) is 1. The fraction of sp³-hybridized carbons (Fsp3) is 0.200. The number of ether oxygens (including phenoxy) is 4. The lowest BCUT2D eigenvalue weighted by Gasteiger charge is -2.13. The number of methoxy groups -OCH3 is 1. The highest BCUT2D eigenvalue weighted by molar-refractivity contribution is 6.30. The molecule has 0 spiro atoms. The third-order valence-electron chi connectivity index (χ3n) is 4.38. The van der Waals surface area contributed by atoms with Gasteiger partial charge in [-0.2, -0.15) is 5.10 Å². The number of carbonyl (C=O) groups excluding carboxylic acids is 1. The standard InChI is InChI=1S/C25H25ClN2O5/c1-3-31-24-14-18(7-12-23(24)33-16-19-5-4-6-20(26)13-19)15-27-28-25(29)17-32-22-10-8-21(30-2)9-11-22/h4-15H,3,16-17H2,1-2H3,(H,28,29)/b27-15-. The highest BCUT2D eigenvalue weighted by Crippen LogP contribution is 2.29. The molecule has 33 heavy (non-hydrogen) atoms. The topological polar surface area (TPSA) is 78.4 Å². The molecule has 0 aromatic heterocycles. The molecule has 0 unspecified atom stereocenters. The SMILES string of the molecule is CCOc1cc(/C=N\NC(=O)COc2ccc(OC)cc2)ccc1OCc1cccc(Cl)c1. The third kappa shape index (κ3) is 7.73. The minimum atomic E-state index is -0.381. The van der Waals surface area contributed by atoms with E-state index in [4.69, 9.17) is 30.5 Å². The first-order chi connectivity index (χ1) is 16.1. The van der Waals surface area contributed by atoms with Gasteiger partial charge in [0.15, 0.2) is 18.1 Å². The lowest BCUT2D eigenvalue weighted by atomic mass is 10.2.